The zero-order valence-electron chi connectivity index (χ0n) is 17.8. The number of azo groups is 1. The Balaban J connectivity index is 2.62. The van der Waals surface area contributed by atoms with Crippen molar-refractivity contribution in [2.45, 2.75) is 13.8 Å². The third kappa shape index (κ3) is 5.28. The lowest BCUT2D eigenvalue weighted by Crippen LogP contribution is -2.29. The number of aromatic nitrogens is 2. The molecule has 31 heavy (non-hydrogen) atoms. The van der Waals surface area contributed by atoms with E-state index in [1.807, 2.05) is 18.7 Å². The molecule has 0 saturated heterocycles. The summed E-state index contributed by atoms with van der Waals surface area (Å²) in [6.07, 6.45) is 0. The summed E-state index contributed by atoms with van der Waals surface area (Å²) in [4.78, 5) is 8.45. The van der Waals surface area contributed by atoms with E-state index in [1.165, 1.54) is 21.2 Å². The maximum absolute atomic E-state index is 12.4. The summed E-state index contributed by atoms with van der Waals surface area (Å²) in [6, 6.07) is 6.75. The van der Waals surface area contributed by atoms with Crippen LogP contribution in [0.5, 0.6) is 5.75 Å². The number of benzene rings is 1. The van der Waals surface area contributed by atoms with Gasteiger partial charge in [-0.15, -0.1) is 10.2 Å². The molecule has 2 rings (SSSR count). The van der Waals surface area contributed by atoms with Gasteiger partial charge in [-0.3, -0.25) is 4.72 Å². The van der Waals surface area contributed by atoms with Crippen LogP contribution in [0.2, 0.25) is 0 Å². The van der Waals surface area contributed by atoms with Gasteiger partial charge in [0, 0.05) is 33.3 Å². The Morgan fingerprint density at radius 1 is 1.19 bits per heavy atom. The van der Waals surface area contributed by atoms with Gasteiger partial charge in [-0.05, 0) is 19.9 Å². The number of H-pyrrole nitrogens is 1. The van der Waals surface area contributed by atoms with Gasteiger partial charge in [-0.2, -0.15) is 28.2 Å². The van der Waals surface area contributed by atoms with E-state index in [-0.39, 0.29) is 28.7 Å². The lowest BCUT2D eigenvalue weighted by molar-refractivity contribution is 0.414. The number of rotatable bonds is 9. The molecule has 0 spiro atoms. The summed E-state index contributed by atoms with van der Waals surface area (Å²) in [5, 5.41) is 26.0. The number of methoxy groups -OCH3 is 1. The molecule has 2 aromatic rings. The predicted molar refractivity (Wildman–Crippen MR) is 115 cm³/mol. The summed E-state index contributed by atoms with van der Waals surface area (Å²) < 4.78 is 33.9. The molecule has 1 heterocycles. The Morgan fingerprint density at radius 2 is 1.87 bits per heavy atom. The van der Waals surface area contributed by atoms with E-state index >= 15 is 0 Å². The first-order valence-corrected chi connectivity index (χ1v) is 10.6. The highest BCUT2D eigenvalue weighted by molar-refractivity contribution is 7.90. The van der Waals surface area contributed by atoms with Gasteiger partial charge in [0.1, 0.15) is 23.6 Å². The van der Waals surface area contributed by atoms with Crippen LogP contribution in [-0.2, 0) is 10.2 Å². The third-order valence-electron chi connectivity index (χ3n) is 4.28. The zero-order valence-corrected chi connectivity index (χ0v) is 18.6. The number of imidazole rings is 1. The molecule has 0 unspecified atom stereocenters. The number of ether oxygens (including phenoxy) is 1. The summed E-state index contributed by atoms with van der Waals surface area (Å²) in [5.41, 5.74) is 0.859. The SMILES string of the molecule is CCN(CC)c1cc(NS(=O)(=O)N(C)C)c(N=Nc2nc(C#N)c(C#N)[nH]2)cc1OC. The van der Waals surface area contributed by atoms with Gasteiger partial charge < -0.3 is 14.6 Å². The maximum atomic E-state index is 12.4. The van der Waals surface area contributed by atoms with Crippen LogP contribution in [0.1, 0.15) is 25.2 Å². The highest BCUT2D eigenvalue weighted by Gasteiger charge is 2.20. The van der Waals surface area contributed by atoms with E-state index in [2.05, 4.69) is 24.9 Å². The Hall–Kier alpha value is -3.68. The number of nitriles is 2. The van der Waals surface area contributed by atoms with Crippen molar-refractivity contribution in [3.8, 4) is 17.9 Å². The monoisotopic (exact) mass is 445 g/mol. The van der Waals surface area contributed by atoms with E-state index in [0.717, 1.165) is 4.31 Å². The van der Waals surface area contributed by atoms with Crippen LogP contribution in [0.4, 0.5) is 23.0 Å². The van der Waals surface area contributed by atoms with E-state index in [4.69, 9.17) is 15.3 Å². The van der Waals surface area contributed by atoms with E-state index in [1.54, 1.807) is 24.3 Å². The zero-order chi connectivity index (χ0) is 23.2. The van der Waals surface area contributed by atoms with E-state index < -0.39 is 10.2 Å². The second kappa shape index (κ2) is 9.88. The average Bonchev–Trinajstić information content (AvgIpc) is 3.16. The van der Waals surface area contributed by atoms with Crippen LogP contribution in [0.25, 0.3) is 0 Å². The topological polar surface area (TPSA) is 163 Å². The van der Waals surface area contributed by atoms with Gasteiger partial charge in [-0.25, -0.2) is 0 Å². The molecule has 0 fully saturated rings. The van der Waals surface area contributed by atoms with Crippen LogP contribution < -0.4 is 14.4 Å². The van der Waals surface area contributed by atoms with Crippen molar-refractivity contribution in [3.05, 3.63) is 23.5 Å². The van der Waals surface area contributed by atoms with Crippen LogP contribution in [0.3, 0.4) is 0 Å². The number of nitrogens with one attached hydrogen (secondary N) is 2. The molecular weight excluding hydrogens is 422 g/mol. The Labute approximate surface area is 181 Å². The summed E-state index contributed by atoms with van der Waals surface area (Å²) in [6.45, 7) is 5.29. The van der Waals surface area contributed by atoms with Crippen LogP contribution in [0, 0.1) is 22.7 Å². The first-order valence-electron chi connectivity index (χ1n) is 9.19. The van der Waals surface area contributed by atoms with Gasteiger partial charge in [0.2, 0.25) is 5.95 Å². The molecular formula is C18H23N9O3S. The van der Waals surface area contributed by atoms with Crippen molar-refractivity contribution < 1.29 is 13.2 Å². The second-order valence-electron chi connectivity index (χ2n) is 6.31. The Morgan fingerprint density at radius 3 is 2.35 bits per heavy atom. The molecule has 12 nitrogen and oxygen atoms in total. The van der Waals surface area contributed by atoms with Crippen molar-refractivity contribution in [1.29, 1.82) is 10.5 Å². The fraction of sp³-hybridized carbons (Fsp3) is 0.389. The van der Waals surface area contributed by atoms with Crippen molar-refractivity contribution in [1.82, 2.24) is 14.3 Å². The van der Waals surface area contributed by atoms with Crippen molar-refractivity contribution in [3.63, 3.8) is 0 Å². The summed E-state index contributed by atoms with van der Waals surface area (Å²) >= 11 is 0. The normalized spacial score (nSPS) is 11.4. The predicted octanol–water partition coefficient (Wildman–Crippen LogP) is 2.64. The lowest BCUT2D eigenvalue weighted by Gasteiger charge is -2.25. The number of hydrogen-bond acceptors (Lipinski definition) is 9. The van der Waals surface area contributed by atoms with Crippen LogP contribution in [0.15, 0.2) is 22.4 Å². The van der Waals surface area contributed by atoms with Crippen molar-refractivity contribution in [2.24, 2.45) is 10.2 Å². The highest BCUT2D eigenvalue weighted by atomic mass is 32.2. The molecule has 0 saturated carbocycles. The summed E-state index contributed by atoms with van der Waals surface area (Å²) in [7, 11) is 0.462. The Kier molecular flexibility index (Phi) is 7.52. The molecule has 0 aliphatic carbocycles. The minimum Gasteiger partial charge on any atom is -0.494 e. The fourth-order valence-electron chi connectivity index (χ4n) is 2.60. The number of nitrogens with zero attached hydrogens (tertiary/aromatic N) is 7. The van der Waals surface area contributed by atoms with Gasteiger partial charge >= 0.3 is 10.2 Å². The van der Waals surface area contributed by atoms with Crippen molar-refractivity contribution >= 4 is 33.2 Å². The molecule has 164 valence electrons. The smallest absolute Gasteiger partial charge is 0.301 e. The molecule has 13 heteroatoms. The molecule has 0 bridgehead atoms. The molecule has 0 radical (unpaired) electrons. The first-order chi connectivity index (χ1) is 14.7. The molecule has 2 N–H and O–H groups in total. The highest BCUT2D eigenvalue weighted by Crippen LogP contribution is 2.39. The lowest BCUT2D eigenvalue weighted by atomic mass is 10.2. The van der Waals surface area contributed by atoms with Gasteiger partial charge in [0.15, 0.2) is 11.4 Å². The molecule has 1 aromatic heterocycles. The fourth-order valence-corrected chi connectivity index (χ4v) is 3.22. The quantitative estimate of drug-likeness (QED) is 0.560. The molecule has 0 amide bonds. The molecule has 0 atom stereocenters. The summed E-state index contributed by atoms with van der Waals surface area (Å²) in [5.74, 6) is 0.404. The van der Waals surface area contributed by atoms with Crippen molar-refractivity contribution in [2.75, 3.05) is 43.9 Å². The molecule has 0 aliphatic heterocycles. The standard InChI is InChI=1S/C18H23N9O3S/c1-6-27(7-2)16-8-13(25-31(28,29)26(3)4)12(9-17(16)30-5)23-24-18-21-14(10-19)15(11-20)22-18/h8-9,25H,6-7H2,1-5H3,(H,21,22). The minimum atomic E-state index is -3.83. The van der Waals surface area contributed by atoms with Crippen LogP contribution in [-0.4, -0.2) is 57.0 Å². The maximum Gasteiger partial charge on any atom is 0.301 e. The average molecular weight is 446 g/mol. The second-order valence-corrected chi connectivity index (χ2v) is 8.20. The van der Waals surface area contributed by atoms with Gasteiger partial charge in [0.05, 0.1) is 18.5 Å². The Bertz CT molecular complexity index is 1120. The van der Waals surface area contributed by atoms with E-state index in [9.17, 15) is 8.42 Å². The van der Waals surface area contributed by atoms with E-state index in [0.29, 0.717) is 24.5 Å². The van der Waals surface area contributed by atoms with Crippen LogP contribution >= 0.6 is 0 Å². The largest absolute Gasteiger partial charge is 0.494 e. The number of anilines is 2. The minimum absolute atomic E-state index is 0.0422. The number of hydrogen-bond donors (Lipinski definition) is 2. The van der Waals surface area contributed by atoms with Gasteiger partial charge in [0.25, 0.3) is 0 Å². The molecule has 1 aromatic carbocycles. The molecule has 0 aliphatic rings. The first kappa shape index (κ1) is 23.6. The number of aromatic amines is 1. The third-order valence-corrected chi connectivity index (χ3v) is 5.72. The van der Waals surface area contributed by atoms with Gasteiger partial charge in [-0.1, -0.05) is 0 Å².